The molecule has 53 heavy (non-hydrogen) atoms. The van der Waals surface area contributed by atoms with E-state index >= 15 is 0 Å². The largest absolute Gasteiger partial charge is 0.465 e. The first kappa shape index (κ1) is 35.5. The van der Waals surface area contributed by atoms with Crippen molar-refractivity contribution in [3.63, 3.8) is 0 Å². The summed E-state index contributed by atoms with van der Waals surface area (Å²) in [7, 11) is -6.00. The number of hydrogen-bond donors (Lipinski definition) is 1. The van der Waals surface area contributed by atoms with E-state index in [2.05, 4.69) is 0 Å². The van der Waals surface area contributed by atoms with Gasteiger partial charge in [-0.1, -0.05) is 0 Å². The second kappa shape index (κ2) is 11.6. The van der Waals surface area contributed by atoms with Gasteiger partial charge in [-0.3, -0.25) is 14.1 Å². The summed E-state index contributed by atoms with van der Waals surface area (Å²) in [5.74, 6) is -0.892. The molecule has 1 heterocycles. The van der Waals surface area contributed by atoms with E-state index in [0.29, 0.717) is 54.8 Å². The summed E-state index contributed by atoms with van der Waals surface area (Å²) in [6, 6.07) is 0. The van der Waals surface area contributed by atoms with Crippen LogP contribution >= 0.6 is 0 Å². The summed E-state index contributed by atoms with van der Waals surface area (Å²) in [4.78, 5) is 40.5. The number of halogens is 2. The molecule has 12 saturated carbocycles. The highest BCUT2D eigenvalue weighted by molar-refractivity contribution is 7.87. The molecule has 12 aliphatic carbocycles. The Kier molecular flexibility index (Phi) is 7.76. The van der Waals surface area contributed by atoms with Crippen LogP contribution in [-0.2, 0) is 48.2 Å². The lowest BCUT2D eigenvalue weighted by Crippen LogP contribution is -2.70. The van der Waals surface area contributed by atoms with E-state index in [1.807, 2.05) is 0 Å². The maximum Gasteiger partial charge on any atom is 0.465 e. The van der Waals surface area contributed by atoms with Crippen LogP contribution in [0, 0.1) is 69.5 Å². The molecule has 0 aromatic heterocycles. The first-order valence-electron chi connectivity index (χ1n) is 20.2. The van der Waals surface area contributed by atoms with Gasteiger partial charge in [0, 0.05) is 11.8 Å². The van der Waals surface area contributed by atoms with Gasteiger partial charge in [-0.25, -0.2) is 4.79 Å². The first-order valence-corrected chi connectivity index (χ1v) is 21.7. The van der Waals surface area contributed by atoms with E-state index in [1.165, 1.54) is 38.5 Å². The third-order valence-electron chi connectivity index (χ3n) is 16.3. The molecule has 1 N–H and O–H groups in total. The maximum absolute atomic E-state index is 14.3. The van der Waals surface area contributed by atoms with Gasteiger partial charge in [0.25, 0.3) is 0 Å². The standard InChI is InChI=1S/C39H52F2O11S/c40-39(41,53(45,46)47)33(44)52-37-15-28-7-29(16-37)38(30(8-28)17-37)50-20-34(21-51-38,18-48-31(42)35-9-22-1-23(10-35)3-24(2-22)11-35)19-49-32(43)36-12-25-4-26(13-36)6-27(5-25)14-36/h22-30H,1-21H2,(H,45,46,47). The molecule has 13 rings (SSSR count). The number of ether oxygens (including phenoxy) is 5. The lowest BCUT2D eigenvalue weighted by Gasteiger charge is -2.65. The second-order valence-corrected chi connectivity index (χ2v) is 21.7. The van der Waals surface area contributed by atoms with Crippen molar-refractivity contribution in [1.82, 2.24) is 0 Å². The van der Waals surface area contributed by atoms with Crippen LogP contribution in [0.15, 0.2) is 0 Å². The van der Waals surface area contributed by atoms with Crippen molar-refractivity contribution >= 4 is 28.0 Å². The molecular weight excluding hydrogens is 714 g/mol. The Balaban J connectivity index is 0.866. The third-order valence-corrected chi connectivity index (χ3v) is 17.1. The average molecular weight is 767 g/mol. The molecule has 1 spiro atoms. The SMILES string of the molecule is O=C(OCC1(COC(=O)C23CC4CC(CC(C4)C2)C3)COC2(OC1)C1CC3CC2CC(OC(=O)C(F)(F)S(=O)(=O)O)(C3)C1)C12CC3CC(CC(C3)C1)C2. The number of carbonyl (C=O) groups is 3. The summed E-state index contributed by atoms with van der Waals surface area (Å²) in [6.45, 7) is 0.172. The quantitative estimate of drug-likeness (QED) is 0.171. The molecule has 13 aliphatic rings. The molecular formula is C39H52F2O11S. The highest BCUT2D eigenvalue weighted by Gasteiger charge is 2.69. The van der Waals surface area contributed by atoms with Crippen LogP contribution in [0.4, 0.5) is 8.78 Å². The van der Waals surface area contributed by atoms with Gasteiger partial charge < -0.3 is 23.7 Å². The van der Waals surface area contributed by atoms with Gasteiger partial charge in [0.2, 0.25) is 0 Å². The molecule has 2 unspecified atom stereocenters. The van der Waals surface area contributed by atoms with E-state index in [-0.39, 0.29) is 69.0 Å². The van der Waals surface area contributed by atoms with E-state index in [9.17, 15) is 31.6 Å². The predicted molar refractivity (Wildman–Crippen MR) is 179 cm³/mol. The van der Waals surface area contributed by atoms with Gasteiger partial charge in [0.15, 0.2) is 5.79 Å². The van der Waals surface area contributed by atoms with Crippen LogP contribution in [-0.4, -0.2) is 73.9 Å². The van der Waals surface area contributed by atoms with E-state index in [0.717, 1.165) is 38.5 Å². The zero-order valence-electron chi connectivity index (χ0n) is 30.2. The topological polar surface area (TPSA) is 152 Å². The lowest BCUT2D eigenvalue weighted by molar-refractivity contribution is -0.397. The fraction of sp³-hybridized carbons (Fsp3) is 0.923. The molecule has 0 aromatic carbocycles. The Morgan fingerprint density at radius 3 is 1.38 bits per heavy atom. The highest BCUT2D eigenvalue weighted by atomic mass is 32.2. The molecule has 294 valence electrons. The van der Waals surface area contributed by atoms with Crippen LogP contribution < -0.4 is 0 Å². The van der Waals surface area contributed by atoms with Gasteiger partial charge in [-0.05, 0) is 151 Å². The Labute approximate surface area is 309 Å². The van der Waals surface area contributed by atoms with Crippen LogP contribution in [0.1, 0.15) is 109 Å². The van der Waals surface area contributed by atoms with Gasteiger partial charge >= 0.3 is 33.3 Å². The summed E-state index contributed by atoms with van der Waals surface area (Å²) in [5, 5.41) is -5.08. The van der Waals surface area contributed by atoms with Crippen molar-refractivity contribution in [3.05, 3.63) is 0 Å². The Bertz CT molecular complexity index is 1530. The minimum Gasteiger partial charge on any atom is -0.464 e. The van der Waals surface area contributed by atoms with Crippen molar-refractivity contribution in [3.8, 4) is 0 Å². The van der Waals surface area contributed by atoms with E-state index in [4.69, 9.17) is 28.2 Å². The Hall–Kier alpha value is -1.90. The van der Waals surface area contributed by atoms with Gasteiger partial charge in [-0.15, -0.1) is 0 Å². The number of esters is 3. The summed E-state index contributed by atoms with van der Waals surface area (Å²) in [5.41, 5.74) is -3.18. The molecule has 0 amide bonds. The number of rotatable bonds is 9. The molecule has 0 aromatic rings. The molecule has 2 atom stereocenters. The number of alkyl halides is 2. The Morgan fingerprint density at radius 2 is 1.00 bits per heavy atom. The molecule has 0 radical (unpaired) electrons. The zero-order valence-corrected chi connectivity index (χ0v) is 31.1. The number of carbonyl (C=O) groups excluding carboxylic acids is 3. The van der Waals surface area contributed by atoms with Crippen molar-refractivity contribution in [2.24, 2.45) is 69.5 Å². The average Bonchev–Trinajstić information content (AvgIpc) is 3.07. The molecule has 11 nitrogen and oxygen atoms in total. The summed E-state index contributed by atoms with van der Waals surface area (Å²) in [6.07, 6.45) is 14.3. The van der Waals surface area contributed by atoms with E-state index in [1.54, 1.807) is 0 Å². The van der Waals surface area contributed by atoms with Gasteiger partial charge in [-0.2, -0.15) is 17.2 Å². The van der Waals surface area contributed by atoms with E-state index < -0.39 is 49.0 Å². The fourth-order valence-corrected chi connectivity index (χ4v) is 15.4. The Morgan fingerprint density at radius 1 is 0.623 bits per heavy atom. The molecule has 1 saturated heterocycles. The van der Waals surface area contributed by atoms with Gasteiger partial charge in [0.05, 0.1) is 29.5 Å². The fourth-order valence-electron chi connectivity index (χ4n) is 15.1. The van der Waals surface area contributed by atoms with Crippen molar-refractivity contribution in [2.75, 3.05) is 26.4 Å². The van der Waals surface area contributed by atoms with Crippen LogP contribution in [0.2, 0.25) is 0 Å². The normalized spacial score (nSPS) is 50.1. The molecule has 12 bridgehead atoms. The molecule has 14 heteroatoms. The number of hydrogen-bond acceptors (Lipinski definition) is 10. The summed E-state index contributed by atoms with van der Waals surface area (Å²) < 4.78 is 91.5. The molecule has 1 aliphatic heterocycles. The van der Waals surface area contributed by atoms with Crippen LogP contribution in [0.3, 0.4) is 0 Å². The zero-order chi connectivity index (χ0) is 36.8. The van der Waals surface area contributed by atoms with Crippen molar-refractivity contribution in [2.45, 2.75) is 126 Å². The van der Waals surface area contributed by atoms with Gasteiger partial charge in [0.1, 0.15) is 18.8 Å². The second-order valence-electron chi connectivity index (χ2n) is 20.3. The predicted octanol–water partition coefficient (Wildman–Crippen LogP) is 5.84. The minimum absolute atomic E-state index is 0.0119. The van der Waals surface area contributed by atoms with Crippen LogP contribution in [0.25, 0.3) is 0 Å². The smallest absolute Gasteiger partial charge is 0.464 e. The highest BCUT2D eigenvalue weighted by Crippen LogP contribution is 2.65. The maximum atomic E-state index is 14.3. The molecule has 13 fully saturated rings. The third kappa shape index (κ3) is 5.51. The lowest BCUT2D eigenvalue weighted by atomic mass is 9.49. The summed E-state index contributed by atoms with van der Waals surface area (Å²) >= 11 is 0. The first-order chi connectivity index (χ1) is 25.0. The van der Waals surface area contributed by atoms with Crippen molar-refractivity contribution in [1.29, 1.82) is 0 Å². The van der Waals surface area contributed by atoms with Crippen molar-refractivity contribution < 1.29 is 59.8 Å². The van der Waals surface area contributed by atoms with Crippen LogP contribution in [0.5, 0.6) is 0 Å². The minimum atomic E-state index is -6.00. The monoisotopic (exact) mass is 766 g/mol.